The Balaban J connectivity index is 2.71. The minimum Gasteiger partial charge on any atom is -0.265 e. The molecule has 1 amide bonds. The Kier molecular flexibility index (Phi) is 4.93. The molecule has 0 aliphatic carbocycles. The summed E-state index contributed by atoms with van der Waals surface area (Å²) in [5.41, 5.74) is 2.63. The van der Waals surface area contributed by atoms with E-state index >= 15 is 0 Å². The van der Waals surface area contributed by atoms with E-state index < -0.39 is 18.7 Å². The summed E-state index contributed by atoms with van der Waals surface area (Å²) < 4.78 is 37.0. The molecule has 0 bridgehead atoms. The van der Waals surface area contributed by atoms with Crippen molar-refractivity contribution >= 4 is 5.91 Å². The SMILES string of the molecule is CCn1nc(C(C)C)cc1C(=O)NOCC(F)(F)F. The zero-order valence-electron chi connectivity index (χ0n) is 10.9. The third-order valence-corrected chi connectivity index (χ3v) is 2.32. The van der Waals surface area contributed by atoms with Gasteiger partial charge in [0.2, 0.25) is 0 Å². The lowest BCUT2D eigenvalue weighted by Gasteiger charge is -2.08. The first-order valence-electron chi connectivity index (χ1n) is 5.81. The van der Waals surface area contributed by atoms with Crippen molar-refractivity contribution in [3.8, 4) is 0 Å². The molecule has 5 nitrogen and oxygen atoms in total. The lowest BCUT2D eigenvalue weighted by atomic mass is 10.1. The molecular weight excluding hydrogens is 263 g/mol. The van der Waals surface area contributed by atoms with Crippen molar-refractivity contribution in [2.75, 3.05) is 6.61 Å². The van der Waals surface area contributed by atoms with Gasteiger partial charge in [-0.05, 0) is 18.9 Å². The summed E-state index contributed by atoms with van der Waals surface area (Å²) in [7, 11) is 0. The molecule has 0 fully saturated rings. The summed E-state index contributed by atoms with van der Waals surface area (Å²) in [6.07, 6.45) is -4.48. The van der Waals surface area contributed by atoms with Gasteiger partial charge in [0, 0.05) is 6.54 Å². The number of alkyl halides is 3. The fourth-order valence-electron chi connectivity index (χ4n) is 1.38. The average molecular weight is 279 g/mol. The van der Waals surface area contributed by atoms with Gasteiger partial charge in [0.05, 0.1) is 5.69 Å². The molecule has 1 aromatic heterocycles. The van der Waals surface area contributed by atoms with Crippen LogP contribution in [0.5, 0.6) is 0 Å². The lowest BCUT2D eigenvalue weighted by molar-refractivity contribution is -0.184. The molecule has 1 heterocycles. The van der Waals surface area contributed by atoms with Crippen molar-refractivity contribution in [3.63, 3.8) is 0 Å². The van der Waals surface area contributed by atoms with Crippen molar-refractivity contribution in [1.29, 1.82) is 0 Å². The smallest absolute Gasteiger partial charge is 0.265 e. The van der Waals surface area contributed by atoms with Crippen LogP contribution in [0.4, 0.5) is 13.2 Å². The highest BCUT2D eigenvalue weighted by atomic mass is 19.4. The van der Waals surface area contributed by atoms with E-state index in [-0.39, 0.29) is 11.6 Å². The zero-order valence-corrected chi connectivity index (χ0v) is 10.9. The number of hydrogen-bond acceptors (Lipinski definition) is 3. The van der Waals surface area contributed by atoms with Gasteiger partial charge >= 0.3 is 6.18 Å². The molecule has 1 aromatic rings. The third kappa shape index (κ3) is 4.55. The Labute approximate surface area is 108 Å². The molecule has 108 valence electrons. The van der Waals surface area contributed by atoms with Gasteiger partial charge in [-0.15, -0.1) is 0 Å². The van der Waals surface area contributed by atoms with E-state index in [1.807, 2.05) is 13.8 Å². The Hall–Kier alpha value is -1.57. The first-order valence-corrected chi connectivity index (χ1v) is 5.81. The Morgan fingerprint density at radius 2 is 2.16 bits per heavy atom. The minimum atomic E-state index is -4.48. The Morgan fingerprint density at radius 3 is 2.63 bits per heavy atom. The van der Waals surface area contributed by atoms with Gasteiger partial charge in [0.15, 0.2) is 6.61 Å². The van der Waals surface area contributed by atoms with E-state index in [1.54, 1.807) is 18.5 Å². The molecule has 1 rings (SSSR count). The highest BCUT2D eigenvalue weighted by Gasteiger charge is 2.28. The fourth-order valence-corrected chi connectivity index (χ4v) is 1.38. The van der Waals surface area contributed by atoms with E-state index in [9.17, 15) is 18.0 Å². The molecule has 1 N–H and O–H groups in total. The van der Waals surface area contributed by atoms with Crippen molar-refractivity contribution in [2.45, 2.75) is 39.4 Å². The number of halogens is 3. The van der Waals surface area contributed by atoms with E-state index in [0.717, 1.165) is 0 Å². The molecule has 0 aliphatic rings. The second-order valence-electron chi connectivity index (χ2n) is 4.26. The summed E-state index contributed by atoms with van der Waals surface area (Å²) >= 11 is 0. The zero-order chi connectivity index (χ0) is 14.6. The number of nitrogens with one attached hydrogen (secondary N) is 1. The summed E-state index contributed by atoms with van der Waals surface area (Å²) in [6, 6.07) is 1.54. The van der Waals surface area contributed by atoms with Gasteiger partial charge < -0.3 is 0 Å². The van der Waals surface area contributed by atoms with Crippen LogP contribution in [0.15, 0.2) is 6.07 Å². The van der Waals surface area contributed by atoms with Gasteiger partial charge in [0.1, 0.15) is 5.69 Å². The lowest BCUT2D eigenvalue weighted by Crippen LogP contribution is -2.30. The second-order valence-corrected chi connectivity index (χ2v) is 4.26. The van der Waals surface area contributed by atoms with E-state index in [4.69, 9.17) is 0 Å². The Morgan fingerprint density at radius 1 is 1.53 bits per heavy atom. The van der Waals surface area contributed by atoms with Crippen LogP contribution in [0.1, 0.15) is 42.9 Å². The van der Waals surface area contributed by atoms with Crippen LogP contribution in [-0.2, 0) is 11.4 Å². The topological polar surface area (TPSA) is 56.2 Å². The maximum absolute atomic E-state index is 11.9. The molecule has 8 heteroatoms. The molecule has 0 saturated heterocycles. The molecule has 0 aromatic carbocycles. The van der Waals surface area contributed by atoms with Crippen LogP contribution < -0.4 is 5.48 Å². The minimum absolute atomic E-state index is 0.121. The molecule has 0 unspecified atom stereocenters. The third-order valence-electron chi connectivity index (χ3n) is 2.32. The van der Waals surface area contributed by atoms with Crippen LogP contribution in [0, 0.1) is 0 Å². The number of hydroxylamine groups is 1. The quantitative estimate of drug-likeness (QED) is 0.841. The van der Waals surface area contributed by atoms with Crippen LogP contribution in [0.25, 0.3) is 0 Å². The van der Waals surface area contributed by atoms with Gasteiger partial charge in [0.25, 0.3) is 5.91 Å². The molecule has 0 atom stereocenters. The molecule has 0 spiro atoms. The number of nitrogens with zero attached hydrogens (tertiary/aromatic N) is 2. The molecule has 0 radical (unpaired) electrons. The Bertz CT molecular complexity index is 441. The molecular formula is C11H16F3N3O2. The summed E-state index contributed by atoms with van der Waals surface area (Å²) in [5, 5.41) is 4.18. The first-order chi connectivity index (χ1) is 8.74. The number of carbonyl (C=O) groups excluding carboxylic acids is 1. The van der Waals surface area contributed by atoms with E-state index in [2.05, 4.69) is 9.94 Å². The number of rotatable bonds is 5. The molecule has 0 aliphatic heterocycles. The largest absolute Gasteiger partial charge is 0.414 e. The first kappa shape index (κ1) is 15.5. The van der Waals surface area contributed by atoms with E-state index in [1.165, 1.54) is 4.68 Å². The van der Waals surface area contributed by atoms with Crippen molar-refractivity contribution < 1.29 is 22.8 Å². The number of aromatic nitrogens is 2. The van der Waals surface area contributed by atoms with Gasteiger partial charge in [-0.25, -0.2) is 5.48 Å². The fraction of sp³-hybridized carbons (Fsp3) is 0.636. The predicted molar refractivity (Wildman–Crippen MR) is 61.5 cm³/mol. The maximum atomic E-state index is 11.9. The maximum Gasteiger partial charge on any atom is 0.414 e. The van der Waals surface area contributed by atoms with Gasteiger partial charge in [-0.2, -0.15) is 18.3 Å². The summed E-state index contributed by atoms with van der Waals surface area (Å²) in [5.74, 6) is -0.624. The summed E-state index contributed by atoms with van der Waals surface area (Å²) in [4.78, 5) is 15.8. The van der Waals surface area contributed by atoms with Crippen LogP contribution in [0.3, 0.4) is 0 Å². The van der Waals surface area contributed by atoms with Crippen molar-refractivity contribution in [3.05, 3.63) is 17.5 Å². The standard InChI is InChI=1S/C11H16F3N3O2/c1-4-17-9(5-8(15-17)7(2)3)10(18)16-19-6-11(12,13)14/h5,7H,4,6H2,1-3H3,(H,16,18). The van der Waals surface area contributed by atoms with Crippen molar-refractivity contribution in [2.24, 2.45) is 0 Å². The second kappa shape index (κ2) is 6.05. The highest BCUT2D eigenvalue weighted by molar-refractivity contribution is 5.91. The monoisotopic (exact) mass is 279 g/mol. The van der Waals surface area contributed by atoms with Gasteiger partial charge in [-0.1, -0.05) is 13.8 Å². The van der Waals surface area contributed by atoms with Crippen molar-refractivity contribution in [1.82, 2.24) is 15.3 Å². The molecule has 19 heavy (non-hydrogen) atoms. The van der Waals surface area contributed by atoms with Crippen LogP contribution >= 0.6 is 0 Å². The van der Waals surface area contributed by atoms with Gasteiger partial charge in [-0.3, -0.25) is 14.3 Å². The number of amides is 1. The predicted octanol–water partition coefficient (Wildman–Crippen LogP) is 2.25. The highest BCUT2D eigenvalue weighted by Crippen LogP contribution is 2.15. The number of hydrogen-bond donors (Lipinski definition) is 1. The average Bonchev–Trinajstić information content (AvgIpc) is 2.71. The molecule has 0 saturated carbocycles. The van der Waals surface area contributed by atoms with Crippen LogP contribution in [-0.4, -0.2) is 28.5 Å². The number of aryl methyl sites for hydroxylation is 1. The van der Waals surface area contributed by atoms with Crippen LogP contribution in [0.2, 0.25) is 0 Å². The summed E-state index contributed by atoms with van der Waals surface area (Å²) in [6.45, 7) is 4.50. The normalized spacial score (nSPS) is 11.9. The van der Waals surface area contributed by atoms with E-state index in [0.29, 0.717) is 12.2 Å². The number of carbonyl (C=O) groups is 1.